The third kappa shape index (κ3) is 5.28. The summed E-state index contributed by atoms with van der Waals surface area (Å²) in [4.78, 5) is 18.1. The highest BCUT2D eigenvalue weighted by atomic mass is 16.2. The standard InChI is InChI=1S/C15H25N3O/c1-6-7-8-18(5)14(19)12-9-13(11-16-10-12)17-15(2,3)4/h9-11,17H,6-8H2,1-5H3. The van der Waals surface area contributed by atoms with Crippen LogP contribution >= 0.6 is 0 Å². The fourth-order valence-corrected chi connectivity index (χ4v) is 1.78. The molecule has 106 valence electrons. The molecular formula is C15H25N3O. The number of rotatable bonds is 5. The Kier molecular flexibility index (Phi) is 5.33. The van der Waals surface area contributed by atoms with Gasteiger partial charge in [-0.2, -0.15) is 0 Å². The van der Waals surface area contributed by atoms with E-state index in [4.69, 9.17) is 0 Å². The lowest BCUT2D eigenvalue weighted by atomic mass is 10.1. The smallest absolute Gasteiger partial charge is 0.255 e. The average molecular weight is 263 g/mol. The summed E-state index contributed by atoms with van der Waals surface area (Å²) >= 11 is 0. The number of aromatic nitrogens is 1. The third-order valence-corrected chi connectivity index (χ3v) is 2.70. The van der Waals surface area contributed by atoms with E-state index < -0.39 is 0 Å². The first-order valence-corrected chi connectivity index (χ1v) is 6.82. The Hall–Kier alpha value is -1.58. The minimum Gasteiger partial charge on any atom is -0.379 e. The van der Waals surface area contributed by atoms with Gasteiger partial charge >= 0.3 is 0 Å². The van der Waals surface area contributed by atoms with E-state index in [1.807, 2.05) is 13.1 Å². The van der Waals surface area contributed by atoms with Crippen LogP contribution in [0.15, 0.2) is 18.5 Å². The van der Waals surface area contributed by atoms with Gasteiger partial charge in [-0.25, -0.2) is 0 Å². The van der Waals surface area contributed by atoms with Gasteiger partial charge in [0.15, 0.2) is 0 Å². The molecule has 0 aliphatic carbocycles. The summed E-state index contributed by atoms with van der Waals surface area (Å²) in [5.41, 5.74) is 1.47. The van der Waals surface area contributed by atoms with Gasteiger partial charge in [0.05, 0.1) is 11.3 Å². The lowest BCUT2D eigenvalue weighted by Gasteiger charge is -2.22. The zero-order valence-corrected chi connectivity index (χ0v) is 12.7. The Morgan fingerprint density at radius 2 is 2.05 bits per heavy atom. The Balaban J connectivity index is 2.78. The Labute approximate surface area is 116 Å². The quantitative estimate of drug-likeness (QED) is 0.887. The molecule has 4 nitrogen and oxygen atoms in total. The van der Waals surface area contributed by atoms with Gasteiger partial charge in [-0.05, 0) is 33.3 Å². The van der Waals surface area contributed by atoms with E-state index in [0.717, 1.165) is 25.1 Å². The number of amides is 1. The maximum Gasteiger partial charge on any atom is 0.255 e. The molecular weight excluding hydrogens is 238 g/mol. The van der Waals surface area contributed by atoms with Crippen LogP contribution in [0.3, 0.4) is 0 Å². The minimum atomic E-state index is -0.0442. The predicted molar refractivity (Wildman–Crippen MR) is 79.5 cm³/mol. The van der Waals surface area contributed by atoms with Crippen LogP contribution in [-0.4, -0.2) is 34.9 Å². The molecule has 0 aromatic carbocycles. The number of nitrogens with one attached hydrogen (secondary N) is 1. The maximum atomic E-state index is 12.2. The largest absolute Gasteiger partial charge is 0.379 e. The lowest BCUT2D eigenvalue weighted by Crippen LogP contribution is -2.29. The molecule has 0 saturated carbocycles. The van der Waals surface area contributed by atoms with Crippen molar-refractivity contribution in [3.05, 3.63) is 24.0 Å². The second kappa shape index (κ2) is 6.55. The molecule has 0 bridgehead atoms. The maximum absolute atomic E-state index is 12.2. The zero-order valence-electron chi connectivity index (χ0n) is 12.7. The molecule has 0 aliphatic heterocycles. The van der Waals surface area contributed by atoms with Crippen LogP contribution in [0, 0.1) is 0 Å². The van der Waals surface area contributed by atoms with Gasteiger partial charge in [0.25, 0.3) is 5.91 Å². The van der Waals surface area contributed by atoms with Gasteiger partial charge in [-0.15, -0.1) is 0 Å². The second-order valence-electron chi connectivity index (χ2n) is 5.92. The van der Waals surface area contributed by atoms with Gasteiger partial charge in [-0.1, -0.05) is 13.3 Å². The summed E-state index contributed by atoms with van der Waals surface area (Å²) in [5.74, 6) is 0.0264. The van der Waals surface area contributed by atoms with Crippen molar-refractivity contribution < 1.29 is 4.79 Å². The molecule has 1 aromatic heterocycles. The monoisotopic (exact) mass is 263 g/mol. The number of unbranched alkanes of at least 4 members (excludes halogenated alkanes) is 1. The van der Waals surface area contributed by atoms with E-state index in [2.05, 4.69) is 38.0 Å². The number of carbonyl (C=O) groups is 1. The van der Waals surface area contributed by atoms with E-state index in [9.17, 15) is 4.79 Å². The summed E-state index contributed by atoms with van der Waals surface area (Å²) in [6.45, 7) is 9.14. The number of hydrogen-bond donors (Lipinski definition) is 1. The molecule has 1 amide bonds. The second-order valence-corrected chi connectivity index (χ2v) is 5.92. The van der Waals surface area contributed by atoms with E-state index in [-0.39, 0.29) is 11.4 Å². The van der Waals surface area contributed by atoms with Crippen molar-refractivity contribution in [2.24, 2.45) is 0 Å². The zero-order chi connectivity index (χ0) is 14.5. The lowest BCUT2D eigenvalue weighted by molar-refractivity contribution is 0.0793. The number of carbonyl (C=O) groups excluding carboxylic acids is 1. The van der Waals surface area contributed by atoms with Gasteiger partial charge < -0.3 is 10.2 Å². The summed E-state index contributed by atoms with van der Waals surface area (Å²) in [6.07, 6.45) is 5.48. The Morgan fingerprint density at radius 1 is 1.37 bits per heavy atom. The van der Waals surface area contributed by atoms with Crippen molar-refractivity contribution in [2.75, 3.05) is 18.9 Å². The van der Waals surface area contributed by atoms with Gasteiger partial charge in [-0.3, -0.25) is 9.78 Å². The number of anilines is 1. The first kappa shape index (κ1) is 15.5. The molecule has 1 aromatic rings. The summed E-state index contributed by atoms with van der Waals surface area (Å²) < 4.78 is 0. The van der Waals surface area contributed by atoms with Gasteiger partial charge in [0, 0.05) is 31.5 Å². The molecule has 0 saturated heterocycles. The van der Waals surface area contributed by atoms with Crippen molar-refractivity contribution in [3.8, 4) is 0 Å². The van der Waals surface area contributed by atoms with Crippen LogP contribution in [0.4, 0.5) is 5.69 Å². The first-order chi connectivity index (χ1) is 8.83. The van der Waals surface area contributed by atoms with Crippen LogP contribution < -0.4 is 5.32 Å². The predicted octanol–water partition coefficient (Wildman–Crippen LogP) is 3.16. The van der Waals surface area contributed by atoms with E-state index in [1.54, 1.807) is 17.3 Å². The molecule has 1 heterocycles. The normalized spacial score (nSPS) is 11.2. The number of hydrogen-bond acceptors (Lipinski definition) is 3. The van der Waals surface area contributed by atoms with Crippen LogP contribution in [0.5, 0.6) is 0 Å². The number of pyridine rings is 1. The van der Waals surface area contributed by atoms with Crippen molar-refractivity contribution in [2.45, 2.75) is 46.1 Å². The van der Waals surface area contributed by atoms with E-state index in [1.165, 1.54) is 0 Å². The van der Waals surface area contributed by atoms with Crippen molar-refractivity contribution in [1.29, 1.82) is 0 Å². The van der Waals surface area contributed by atoms with Crippen LogP contribution in [0.1, 0.15) is 50.9 Å². The highest BCUT2D eigenvalue weighted by Crippen LogP contribution is 2.15. The van der Waals surface area contributed by atoms with Gasteiger partial charge in [0.2, 0.25) is 0 Å². The summed E-state index contributed by atoms with van der Waals surface area (Å²) in [7, 11) is 1.84. The highest BCUT2D eigenvalue weighted by molar-refractivity contribution is 5.94. The average Bonchev–Trinajstić information content (AvgIpc) is 2.33. The van der Waals surface area contributed by atoms with Crippen LogP contribution in [0.25, 0.3) is 0 Å². The van der Waals surface area contributed by atoms with Crippen LogP contribution in [-0.2, 0) is 0 Å². The van der Waals surface area contributed by atoms with Gasteiger partial charge in [0.1, 0.15) is 0 Å². The summed E-state index contributed by atoms with van der Waals surface area (Å²) in [5, 5.41) is 3.33. The molecule has 4 heteroatoms. The van der Waals surface area contributed by atoms with Crippen molar-refractivity contribution in [1.82, 2.24) is 9.88 Å². The molecule has 1 rings (SSSR count). The molecule has 0 atom stereocenters. The SMILES string of the molecule is CCCCN(C)C(=O)c1cncc(NC(C)(C)C)c1. The summed E-state index contributed by atoms with van der Waals surface area (Å²) in [6, 6.07) is 1.86. The topological polar surface area (TPSA) is 45.2 Å². The minimum absolute atomic E-state index is 0.0264. The van der Waals surface area contributed by atoms with Crippen molar-refractivity contribution >= 4 is 11.6 Å². The van der Waals surface area contributed by atoms with E-state index >= 15 is 0 Å². The first-order valence-electron chi connectivity index (χ1n) is 6.82. The van der Waals surface area contributed by atoms with E-state index in [0.29, 0.717) is 5.56 Å². The molecule has 0 aliphatic rings. The molecule has 0 radical (unpaired) electrons. The third-order valence-electron chi connectivity index (χ3n) is 2.70. The Bertz CT molecular complexity index is 424. The molecule has 19 heavy (non-hydrogen) atoms. The van der Waals surface area contributed by atoms with Crippen molar-refractivity contribution in [3.63, 3.8) is 0 Å². The number of nitrogens with zero attached hydrogens (tertiary/aromatic N) is 2. The fraction of sp³-hybridized carbons (Fsp3) is 0.600. The molecule has 0 unspecified atom stereocenters. The molecule has 0 fully saturated rings. The fourth-order valence-electron chi connectivity index (χ4n) is 1.78. The molecule has 0 spiro atoms. The molecule has 1 N–H and O–H groups in total. The Morgan fingerprint density at radius 3 is 2.63 bits per heavy atom. The highest BCUT2D eigenvalue weighted by Gasteiger charge is 2.14. The van der Waals surface area contributed by atoms with Crippen LogP contribution in [0.2, 0.25) is 0 Å².